The predicted molar refractivity (Wildman–Crippen MR) is 120 cm³/mol. The molecule has 1 amide bonds. The van der Waals surface area contributed by atoms with E-state index in [9.17, 15) is 10.1 Å². The zero-order valence-corrected chi connectivity index (χ0v) is 17.0. The molecule has 31 heavy (non-hydrogen) atoms. The normalized spacial score (nSPS) is 12.8. The molecule has 156 valence electrons. The van der Waals surface area contributed by atoms with E-state index < -0.39 is 0 Å². The average molecular weight is 413 g/mol. The Balaban J connectivity index is 1.36. The van der Waals surface area contributed by atoms with Crippen LogP contribution in [0.1, 0.15) is 18.4 Å². The van der Waals surface area contributed by atoms with Gasteiger partial charge < -0.3 is 20.3 Å². The summed E-state index contributed by atoms with van der Waals surface area (Å²) in [5.41, 5.74) is 2.92. The first-order valence-electron chi connectivity index (χ1n) is 10.2. The minimum absolute atomic E-state index is 0.0710. The number of hydrogen-bond donors (Lipinski definition) is 2. The van der Waals surface area contributed by atoms with Crippen LogP contribution in [0.25, 0.3) is 0 Å². The van der Waals surface area contributed by atoms with E-state index in [0.717, 1.165) is 18.8 Å². The fourth-order valence-corrected chi connectivity index (χ4v) is 3.47. The Morgan fingerprint density at radius 3 is 2.61 bits per heavy atom. The number of carbonyl (C=O) groups excluding carboxylic acids is 1. The molecule has 0 radical (unpaired) electrons. The van der Waals surface area contributed by atoms with Gasteiger partial charge in [0.25, 0.3) is 0 Å². The summed E-state index contributed by atoms with van der Waals surface area (Å²) in [5.74, 6) is 0.543. The van der Waals surface area contributed by atoms with Gasteiger partial charge in [-0.05, 0) is 61.4 Å². The van der Waals surface area contributed by atoms with Crippen molar-refractivity contribution in [1.29, 1.82) is 5.26 Å². The summed E-state index contributed by atoms with van der Waals surface area (Å²) in [7, 11) is 0. The van der Waals surface area contributed by atoms with E-state index in [1.165, 1.54) is 18.5 Å². The molecule has 1 aromatic heterocycles. The topological polar surface area (TPSA) is 90.3 Å². The van der Waals surface area contributed by atoms with Crippen LogP contribution in [-0.2, 0) is 4.79 Å². The van der Waals surface area contributed by atoms with E-state index in [2.05, 4.69) is 26.6 Å². The second-order valence-electron chi connectivity index (χ2n) is 7.21. The highest BCUT2D eigenvalue weighted by Crippen LogP contribution is 2.29. The summed E-state index contributed by atoms with van der Waals surface area (Å²) in [6.07, 6.45) is 4.02. The SMILES string of the molecule is N#Cc1cccnc1Oc1ccccc1NCC(=O)Nc1ccc(N2CCCC2)cc1. The van der Waals surface area contributed by atoms with Gasteiger partial charge in [0, 0.05) is 30.7 Å². The van der Waals surface area contributed by atoms with Crippen LogP contribution in [0, 0.1) is 11.3 Å². The number of pyridine rings is 1. The third-order valence-electron chi connectivity index (χ3n) is 5.05. The molecule has 2 aromatic carbocycles. The van der Waals surface area contributed by atoms with Crippen LogP contribution >= 0.6 is 0 Å². The number of aromatic nitrogens is 1. The first-order chi connectivity index (χ1) is 15.2. The fourth-order valence-electron chi connectivity index (χ4n) is 3.47. The smallest absolute Gasteiger partial charge is 0.243 e. The molecule has 0 bridgehead atoms. The maximum Gasteiger partial charge on any atom is 0.243 e. The Morgan fingerprint density at radius 2 is 1.84 bits per heavy atom. The lowest BCUT2D eigenvalue weighted by molar-refractivity contribution is -0.114. The van der Waals surface area contributed by atoms with Gasteiger partial charge in [-0.2, -0.15) is 5.26 Å². The Bertz CT molecular complexity index is 1090. The minimum atomic E-state index is -0.167. The summed E-state index contributed by atoms with van der Waals surface area (Å²) >= 11 is 0. The van der Waals surface area contributed by atoms with Gasteiger partial charge >= 0.3 is 0 Å². The summed E-state index contributed by atoms with van der Waals surface area (Å²) in [4.78, 5) is 18.9. The number of rotatable bonds is 7. The van der Waals surface area contributed by atoms with Crippen molar-refractivity contribution in [2.75, 3.05) is 35.2 Å². The molecule has 2 heterocycles. The molecular weight excluding hydrogens is 390 g/mol. The third-order valence-corrected chi connectivity index (χ3v) is 5.05. The van der Waals surface area contributed by atoms with E-state index in [0.29, 0.717) is 17.0 Å². The van der Waals surface area contributed by atoms with Crippen LogP contribution in [0.3, 0.4) is 0 Å². The van der Waals surface area contributed by atoms with Crippen LogP contribution in [0.5, 0.6) is 11.6 Å². The monoisotopic (exact) mass is 413 g/mol. The highest BCUT2D eigenvalue weighted by Gasteiger charge is 2.13. The van der Waals surface area contributed by atoms with Gasteiger partial charge in [0.1, 0.15) is 11.6 Å². The van der Waals surface area contributed by atoms with Crippen molar-refractivity contribution in [1.82, 2.24) is 4.98 Å². The molecule has 1 fully saturated rings. The molecular formula is C24H23N5O2. The molecule has 0 saturated carbocycles. The van der Waals surface area contributed by atoms with Gasteiger partial charge in [-0.1, -0.05) is 12.1 Å². The molecule has 7 nitrogen and oxygen atoms in total. The second-order valence-corrected chi connectivity index (χ2v) is 7.21. The number of amides is 1. The summed E-state index contributed by atoms with van der Waals surface area (Å²) < 4.78 is 5.81. The Kier molecular flexibility index (Phi) is 6.29. The van der Waals surface area contributed by atoms with Crippen molar-refractivity contribution in [2.24, 2.45) is 0 Å². The molecule has 1 aliphatic heterocycles. The number of para-hydroxylation sites is 2. The summed E-state index contributed by atoms with van der Waals surface area (Å²) in [5, 5.41) is 15.2. The van der Waals surface area contributed by atoms with E-state index in [1.54, 1.807) is 24.4 Å². The Morgan fingerprint density at radius 1 is 1.06 bits per heavy atom. The van der Waals surface area contributed by atoms with Crippen molar-refractivity contribution in [3.8, 4) is 17.7 Å². The molecule has 1 aliphatic rings. The van der Waals surface area contributed by atoms with Crippen molar-refractivity contribution in [2.45, 2.75) is 12.8 Å². The molecule has 7 heteroatoms. The first kappa shape index (κ1) is 20.2. The zero-order valence-electron chi connectivity index (χ0n) is 17.0. The van der Waals surface area contributed by atoms with Crippen LogP contribution in [0.15, 0.2) is 66.9 Å². The molecule has 3 aromatic rings. The molecule has 2 N–H and O–H groups in total. The molecule has 1 saturated heterocycles. The largest absolute Gasteiger partial charge is 0.436 e. The minimum Gasteiger partial charge on any atom is -0.436 e. The van der Waals surface area contributed by atoms with Gasteiger partial charge in [-0.15, -0.1) is 0 Å². The summed E-state index contributed by atoms with van der Waals surface area (Å²) in [6, 6.07) is 20.5. The highest BCUT2D eigenvalue weighted by atomic mass is 16.5. The Labute approximate surface area is 181 Å². The van der Waals surface area contributed by atoms with E-state index in [-0.39, 0.29) is 18.3 Å². The lowest BCUT2D eigenvalue weighted by atomic mass is 10.2. The van der Waals surface area contributed by atoms with Gasteiger partial charge in [-0.3, -0.25) is 4.79 Å². The fraction of sp³-hybridized carbons (Fsp3) is 0.208. The van der Waals surface area contributed by atoms with Crippen molar-refractivity contribution < 1.29 is 9.53 Å². The van der Waals surface area contributed by atoms with Crippen molar-refractivity contribution in [3.63, 3.8) is 0 Å². The van der Waals surface area contributed by atoms with E-state index >= 15 is 0 Å². The maximum atomic E-state index is 12.4. The van der Waals surface area contributed by atoms with Gasteiger partial charge in [0.15, 0.2) is 5.75 Å². The van der Waals surface area contributed by atoms with Gasteiger partial charge in [0.2, 0.25) is 11.8 Å². The van der Waals surface area contributed by atoms with Crippen LogP contribution < -0.4 is 20.3 Å². The number of nitrogens with zero attached hydrogens (tertiary/aromatic N) is 3. The number of hydrogen-bond acceptors (Lipinski definition) is 6. The molecule has 0 unspecified atom stereocenters. The Hall–Kier alpha value is -4.05. The number of anilines is 3. The van der Waals surface area contributed by atoms with Crippen LogP contribution in [-0.4, -0.2) is 30.5 Å². The molecule has 0 aliphatic carbocycles. The lowest BCUT2D eigenvalue weighted by Gasteiger charge is -2.18. The highest BCUT2D eigenvalue weighted by molar-refractivity contribution is 5.94. The van der Waals surface area contributed by atoms with E-state index in [4.69, 9.17) is 4.74 Å². The van der Waals surface area contributed by atoms with Crippen LogP contribution in [0.4, 0.5) is 17.1 Å². The number of benzene rings is 2. The second kappa shape index (κ2) is 9.63. The lowest BCUT2D eigenvalue weighted by Crippen LogP contribution is -2.22. The molecule has 0 atom stereocenters. The van der Waals surface area contributed by atoms with Crippen molar-refractivity contribution in [3.05, 3.63) is 72.4 Å². The standard InChI is InChI=1S/C24H23N5O2/c25-16-18-6-5-13-26-24(18)31-22-8-2-1-7-21(22)27-17-23(30)28-19-9-11-20(12-10-19)29-14-3-4-15-29/h1-2,5-13,27H,3-4,14-15,17H2,(H,28,30). The number of nitriles is 1. The quantitative estimate of drug-likeness (QED) is 0.597. The van der Waals surface area contributed by atoms with Gasteiger partial charge in [-0.25, -0.2) is 4.98 Å². The zero-order chi connectivity index (χ0) is 21.5. The number of nitrogens with one attached hydrogen (secondary N) is 2. The van der Waals surface area contributed by atoms with Crippen LogP contribution in [0.2, 0.25) is 0 Å². The molecule has 4 rings (SSSR count). The van der Waals surface area contributed by atoms with Crippen molar-refractivity contribution >= 4 is 23.0 Å². The number of ether oxygens (including phenoxy) is 1. The molecule has 0 spiro atoms. The third kappa shape index (κ3) is 5.11. The summed E-state index contributed by atoms with van der Waals surface area (Å²) in [6.45, 7) is 2.25. The maximum absolute atomic E-state index is 12.4. The van der Waals surface area contributed by atoms with Gasteiger partial charge in [0.05, 0.1) is 12.2 Å². The first-order valence-corrected chi connectivity index (χ1v) is 10.2. The number of carbonyl (C=O) groups is 1. The predicted octanol–water partition coefficient (Wildman–Crippen LogP) is 4.40. The van der Waals surface area contributed by atoms with E-state index in [1.807, 2.05) is 42.5 Å². The average Bonchev–Trinajstić information content (AvgIpc) is 3.34.